The Morgan fingerprint density at radius 1 is 1.56 bits per heavy atom. The molecule has 0 amide bonds. The second-order valence-electron chi connectivity index (χ2n) is 5.90. The monoisotopic (exact) mass is 220 g/mol. The van der Waals surface area contributed by atoms with Gasteiger partial charge in [0.05, 0.1) is 6.61 Å². The minimum absolute atomic E-state index is 0.198. The average molecular weight is 220 g/mol. The summed E-state index contributed by atoms with van der Waals surface area (Å²) in [5, 5.41) is 8.96. The van der Waals surface area contributed by atoms with E-state index in [1.54, 1.807) is 0 Å². The molecule has 0 aromatic rings. The average Bonchev–Trinajstić information content (AvgIpc) is 2.83. The van der Waals surface area contributed by atoms with Crippen LogP contribution in [0.1, 0.15) is 46.0 Å². The van der Waals surface area contributed by atoms with Gasteiger partial charge < -0.3 is 5.11 Å². The van der Waals surface area contributed by atoms with Crippen LogP contribution < -0.4 is 0 Å². The second-order valence-corrected chi connectivity index (χ2v) is 5.90. The summed E-state index contributed by atoms with van der Waals surface area (Å²) < 4.78 is 0. The molecule has 0 aromatic carbocycles. The standard InChI is InChI=1S/C15H24O/c1-11(10-16)5-4-8-15(3)12(2)13-6-7-14(15)9-13/h5,13-14,16H,2,4,6-10H2,1,3H3/t13?,14-,15-/m1/s1. The molecule has 2 bridgehead atoms. The molecule has 3 atom stereocenters. The van der Waals surface area contributed by atoms with Crippen LogP contribution in [0.2, 0.25) is 0 Å². The van der Waals surface area contributed by atoms with Crippen LogP contribution in [0, 0.1) is 17.3 Å². The minimum atomic E-state index is 0.198. The lowest BCUT2D eigenvalue weighted by atomic mass is 9.69. The van der Waals surface area contributed by atoms with Crippen LogP contribution in [-0.4, -0.2) is 11.7 Å². The van der Waals surface area contributed by atoms with Crippen molar-refractivity contribution in [1.82, 2.24) is 0 Å². The van der Waals surface area contributed by atoms with Crippen LogP contribution in [0.5, 0.6) is 0 Å². The molecule has 0 aliphatic heterocycles. The van der Waals surface area contributed by atoms with Gasteiger partial charge in [0.1, 0.15) is 0 Å². The van der Waals surface area contributed by atoms with E-state index in [9.17, 15) is 0 Å². The first-order valence-electron chi connectivity index (χ1n) is 6.53. The highest BCUT2D eigenvalue weighted by molar-refractivity contribution is 5.24. The zero-order valence-electron chi connectivity index (χ0n) is 10.6. The summed E-state index contributed by atoms with van der Waals surface area (Å²) in [6.07, 6.45) is 8.66. The van der Waals surface area contributed by atoms with Crippen molar-refractivity contribution < 1.29 is 5.11 Å². The van der Waals surface area contributed by atoms with Crippen LogP contribution in [0.3, 0.4) is 0 Å². The van der Waals surface area contributed by atoms with E-state index in [0.717, 1.165) is 23.8 Å². The van der Waals surface area contributed by atoms with Gasteiger partial charge in [-0.05, 0) is 56.3 Å². The summed E-state index contributed by atoms with van der Waals surface area (Å²) in [5.74, 6) is 1.70. The van der Waals surface area contributed by atoms with E-state index in [0.29, 0.717) is 5.41 Å². The lowest BCUT2D eigenvalue weighted by molar-refractivity contribution is 0.240. The van der Waals surface area contributed by atoms with Gasteiger partial charge in [0, 0.05) is 0 Å². The maximum absolute atomic E-state index is 8.96. The highest BCUT2D eigenvalue weighted by atomic mass is 16.3. The largest absolute Gasteiger partial charge is 0.392 e. The Balaban J connectivity index is 1.96. The van der Waals surface area contributed by atoms with Crippen LogP contribution >= 0.6 is 0 Å². The lowest BCUT2D eigenvalue weighted by Crippen LogP contribution is -2.26. The van der Waals surface area contributed by atoms with Crippen molar-refractivity contribution in [2.24, 2.45) is 17.3 Å². The fourth-order valence-corrected chi connectivity index (χ4v) is 3.65. The van der Waals surface area contributed by atoms with Crippen molar-refractivity contribution in [2.45, 2.75) is 46.0 Å². The first kappa shape index (κ1) is 11.9. The number of allylic oxidation sites excluding steroid dienone is 2. The number of rotatable bonds is 4. The Labute approximate surface area is 99.3 Å². The molecule has 1 N–H and O–H groups in total. The normalized spacial score (nSPS) is 38.4. The van der Waals surface area contributed by atoms with Crippen molar-refractivity contribution in [3.05, 3.63) is 23.8 Å². The van der Waals surface area contributed by atoms with E-state index in [-0.39, 0.29) is 6.61 Å². The molecule has 0 saturated heterocycles. The van der Waals surface area contributed by atoms with Gasteiger partial charge in [-0.1, -0.05) is 30.7 Å². The number of fused-ring (bicyclic) bond motifs is 2. The van der Waals surface area contributed by atoms with Crippen molar-refractivity contribution in [1.29, 1.82) is 0 Å². The van der Waals surface area contributed by atoms with E-state index in [2.05, 4.69) is 19.6 Å². The van der Waals surface area contributed by atoms with Crippen LogP contribution in [0.4, 0.5) is 0 Å². The Kier molecular flexibility index (Phi) is 3.25. The third-order valence-corrected chi connectivity index (χ3v) is 4.97. The van der Waals surface area contributed by atoms with Crippen molar-refractivity contribution in [2.75, 3.05) is 6.61 Å². The number of hydrogen-bond acceptors (Lipinski definition) is 1. The third kappa shape index (κ3) is 1.86. The molecule has 0 radical (unpaired) electrons. The zero-order valence-corrected chi connectivity index (χ0v) is 10.6. The molecule has 1 nitrogen and oxygen atoms in total. The molecule has 16 heavy (non-hydrogen) atoms. The summed E-state index contributed by atoms with van der Waals surface area (Å²) in [4.78, 5) is 0. The highest BCUT2D eigenvalue weighted by Crippen LogP contribution is 2.60. The number of aliphatic hydroxyl groups excluding tert-OH is 1. The molecule has 2 fully saturated rings. The Morgan fingerprint density at radius 3 is 2.88 bits per heavy atom. The van der Waals surface area contributed by atoms with E-state index in [1.807, 2.05) is 6.92 Å². The molecule has 2 aliphatic carbocycles. The fraction of sp³-hybridized carbons (Fsp3) is 0.733. The maximum atomic E-state index is 8.96. The van der Waals surface area contributed by atoms with Crippen LogP contribution in [0.15, 0.2) is 23.8 Å². The predicted molar refractivity (Wildman–Crippen MR) is 68.2 cm³/mol. The van der Waals surface area contributed by atoms with E-state index in [1.165, 1.54) is 31.3 Å². The first-order chi connectivity index (χ1) is 7.58. The Bertz CT molecular complexity index is 315. The molecule has 0 spiro atoms. The van der Waals surface area contributed by atoms with Crippen molar-refractivity contribution in [3.8, 4) is 0 Å². The molecule has 0 heterocycles. The second kappa shape index (κ2) is 4.37. The van der Waals surface area contributed by atoms with Gasteiger partial charge in [0.25, 0.3) is 0 Å². The Morgan fingerprint density at radius 2 is 2.31 bits per heavy atom. The van der Waals surface area contributed by atoms with Gasteiger partial charge in [-0.2, -0.15) is 0 Å². The van der Waals surface area contributed by atoms with Crippen LogP contribution in [-0.2, 0) is 0 Å². The minimum Gasteiger partial charge on any atom is -0.392 e. The molecule has 90 valence electrons. The van der Waals surface area contributed by atoms with Gasteiger partial charge >= 0.3 is 0 Å². The van der Waals surface area contributed by atoms with Gasteiger partial charge in [-0.25, -0.2) is 0 Å². The molecular weight excluding hydrogens is 196 g/mol. The summed E-state index contributed by atoms with van der Waals surface area (Å²) in [7, 11) is 0. The summed E-state index contributed by atoms with van der Waals surface area (Å²) >= 11 is 0. The third-order valence-electron chi connectivity index (χ3n) is 4.97. The van der Waals surface area contributed by atoms with E-state index < -0.39 is 0 Å². The molecule has 2 rings (SSSR count). The zero-order chi connectivity index (χ0) is 11.8. The molecule has 1 heteroatoms. The van der Waals surface area contributed by atoms with E-state index >= 15 is 0 Å². The highest BCUT2D eigenvalue weighted by Gasteiger charge is 2.49. The van der Waals surface area contributed by atoms with Gasteiger partial charge in [-0.3, -0.25) is 0 Å². The lowest BCUT2D eigenvalue weighted by Gasteiger charge is -2.36. The summed E-state index contributed by atoms with van der Waals surface area (Å²) in [5.41, 5.74) is 2.99. The smallest absolute Gasteiger partial charge is 0.0639 e. The SMILES string of the molecule is C=C1C2CC[C@H](C2)[C@]1(C)CCC=C(C)CO. The first-order valence-corrected chi connectivity index (χ1v) is 6.53. The fourth-order valence-electron chi connectivity index (χ4n) is 3.65. The predicted octanol–water partition coefficient (Wildman–Crippen LogP) is 3.70. The van der Waals surface area contributed by atoms with Gasteiger partial charge in [0.2, 0.25) is 0 Å². The molecular formula is C15H24O. The van der Waals surface area contributed by atoms with Crippen LogP contribution in [0.25, 0.3) is 0 Å². The topological polar surface area (TPSA) is 20.2 Å². The number of hydrogen-bond donors (Lipinski definition) is 1. The van der Waals surface area contributed by atoms with Crippen molar-refractivity contribution in [3.63, 3.8) is 0 Å². The molecule has 0 aromatic heterocycles. The maximum Gasteiger partial charge on any atom is 0.0639 e. The van der Waals surface area contributed by atoms with E-state index in [4.69, 9.17) is 5.11 Å². The molecule has 2 aliphatic rings. The Hall–Kier alpha value is -0.560. The van der Waals surface area contributed by atoms with Gasteiger partial charge in [0.15, 0.2) is 0 Å². The molecule has 2 saturated carbocycles. The summed E-state index contributed by atoms with van der Waals surface area (Å²) in [6.45, 7) is 8.94. The molecule has 1 unspecified atom stereocenters. The van der Waals surface area contributed by atoms with Crippen molar-refractivity contribution >= 4 is 0 Å². The summed E-state index contributed by atoms with van der Waals surface area (Å²) in [6, 6.07) is 0. The van der Waals surface area contributed by atoms with Gasteiger partial charge in [-0.15, -0.1) is 0 Å². The number of aliphatic hydroxyl groups is 1. The quantitative estimate of drug-likeness (QED) is 0.716.